The molecule has 1 aromatic heterocycles. The first-order valence-corrected chi connectivity index (χ1v) is 10.2. The molecule has 0 bridgehead atoms. The van der Waals surface area contributed by atoms with E-state index in [1.807, 2.05) is 25.3 Å². The predicted octanol–water partition coefficient (Wildman–Crippen LogP) is 5.12. The molecule has 2 heterocycles. The SMILES string of the molecule is CC(C)(C)OC(=O)N1CCc2c(nc(C3CC3)n2Cc2ccccc2C(F)(F)F)C1. The lowest BCUT2D eigenvalue weighted by Gasteiger charge is -2.30. The van der Waals surface area contributed by atoms with Crippen molar-refractivity contribution in [2.24, 2.45) is 0 Å². The Morgan fingerprint density at radius 2 is 1.90 bits per heavy atom. The molecule has 0 spiro atoms. The van der Waals surface area contributed by atoms with E-state index < -0.39 is 23.4 Å². The Labute approximate surface area is 173 Å². The summed E-state index contributed by atoms with van der Waals surface area (Å²) in [6, 6.07) is 5.70. The Hall–Kier alpha value is -2.51. The summed E-state index contributed by atoms with van der Waals surface area (Å²) in [5, 5.41) is 0. The fourth-order valence-electron chi connectivity index (χ4n) is 3.88. The van der Waals surface area contributed by atoms with E-state index in [0.717, 1.165) is 36.1 Å². The molecule has 2 aromatic rings. The topological polar surface area (TPSA) is 47.4 Å². The summed E-state index contributed by atoms with van der Waals surface area (Å²) in [5.41, 5.74) is 0.728. The van der Waals surface area contributed by atoms with Gasteiger partial charge in [0.05, 0.1) is 17.8 Å². The third-order valence-corrected chi connectivity index (χ3v) is 5.39. The Kier molecular flexibility index (Phi) is 5.06. The Morgan fingerprint density at radius 3 is 2.53 bits per heavy atom. The van der Waals surface area contributed by atoms with E-state index in [2.05, 4.69) is 0 Å². The number of hydrogen-bond donors (Lipinski definition) is 0. The number of ether oxygens (including phenoxy) is 1. The highest BCUT2D eigenvalue weighted by Crippen LogP contribution is 2.42. The second kappa shape index (κ2) is 7.32. The van der Waals surface area contributed by atoms with Crippen LogP contribution in [0.4, 0.5) is 18.0 Å². The number of hydrogen-bond acceptors (Lipinski definition) is 3. The van der Waals surface area contributed by atoms with Gasteiger partial charge >= 0.3 is 12.3 Å². The van der Waals surface area contributed by atoms with Crippen LogP contribution in [0.1, 0.15) is 67.9 Å². The third-order valence-electron chi connectivity index (χ3n) is 5.39. The van der Waals surface area contributed by atoms with Gasteiger partial charge in [-0.1, -0.05) is 18.2 Å². The number of nitrogens with zero attached hydrogens (tertiary/aromatic N) is 3. The van der Waals surface area contributed by atoms with Crippen molar-refractivity contribution in [1.29, 1.82) is 0 Å². The number of carbonyl (C=O) groups excluding carboxylic acids is 1. The minimum atomic E-state index is -4.40. The average Bonchev–Trinajstić information content (AvgIpc) is 3.42. The normalized spacial score (nSPS) is 17.1. The number of rotatable bonds is 3. The highest BCUT2D eigenvalue weighted by atomic mass is 19.4. The minimum Gasteiger partial charge on any atom is -0.444 e. The molecule has 1 aliphatic heterocycles. The maximum Gasteiger partial charge on any atom is 0.416 e. The van der Waals surface area contributed by atoms with Crippen molar-refractivity contribution >= 4 is 6.09 Å². The van der Waals surface area contributed by atoms with E-state index in [0.29, 0.717) is 19.5 Å². The van der Waals surface area contributed by atoms with Crippen molar-refractivity contribution < 1.29 is 22.7 Å². The molecule has 0 atom stereocenters. The van der Waals surface area contributed by atoms with Gasteiger partial charge < -0.3 is 14.2 Å². The summed E-state index contributed by atoms with van der Waals surface area (Å²) in [5.74, 6) is 1.12. The van der Waals surface area contributed by atoms with Gasteiger partial charge in [0.15, 0.2) is 0 Å². The summed E-state index contributed by atoms with van der Waals surface area (Å²) < 4.78 is 47.9. The van der Waals surface area contributed by atoms with Crippen LogP contribution in [0.25, 0.3) is 0 Å². The molecule has 162 valence electrons. The fourth-order valence-corrected chi connectivity index (χ4v) is 3.88. The Balaban J connectivity index is 1.64. The minimum absolute atomic E-state index is 0.135. The molecule has 0 saturated heterocycles. The van der Waals surface area contributed by atoms with Crippen LogP contribution in [-0.2, 0) is 30.4 Å². The van der Waals surface area contributed by atoms with E-state index in [4.69, 9.17) is 9.72 Å². The molecular weight excluding hydrogens is 395 g/mol. The molecule has 8 heteroatoms. The summed E-state index contributed by atoms with van der Waals surface area (Å²) in [7, 11) is 0. The van der Waals surface area contributed by atoms with Gasteiger partial charge in [0.2, 0.25) is 0 Å². The second-order valence-corrected chi connectivity index (χ2v) is 9.03. The maximum absolute atomic E-state index is 13.5. The van der Waals surface area contributed by atoms with Crippen molar-refractivity contribution in [1.82, 2.24) is 14.5 Å². The van der Waals surface area contributed by atoms with Crippen molar-refractivity contribution in [3.63, 3.8) is 0 Å². The van der Waals surface area contributed by atoms with Crippen molar-refractivity contribution in [2.45, 2.75) is 70.8 Å². The highest BCUT2D eigenvalue weighted by Gasteiger charge is 2.37. The fraction of sp³-hybridized carbons (Fsp3) is 0.545. The average molecular weight is 421 g/mol. The summed E-state index contributed by atoms with van der Waals surface area (Å²) in [4.78, 5) is 18.8. The standard InChI is InChI=1S/C22H26F3N3O2/c1-21(2,3)30-20(29)27-11-10-18-17(13-27)26-19(14-8-9-14)28(18)12-15-6-4-5-7-16(15)22(23,24)25/h4-7,14H,8-13H2,1-3H3. The third kappa shape index (κ3) is 4.32. The molecule has 30 heavy (non-hydrogen) atoms. The van der Waals surface area contributed by atoms with Crippen LogP contribution < -0.4 is 0 Å². The van der Waals surface area contributed by atoms with Crippen molar-refractivity contribution in [3.8, 4) is 0 Å². The molecule has 0 radical (unpaired) electrons. The monoisotopic (exact) mass is 421 g/mol. The first-order valence-electron chi connectivity index (χ1n) is 10.2. The number of carbonyl (C=O) groups is 1. The number of amides is 1. The van der Waals surface area contributed by atoms with Crippen LogP contribution in [0.3, 0.4) is 0 Å². The highest BCUT2D eigenvalue weighted by molar-refractivity contribution is 5.68. The summed E-state index contributed by atoms with van der Waals surface area (Å²) in [6.07, 6.45) is -2.26. The first-order chi connectivity index (χ1) is 14.0. The Bertz CT molecular complexity index is 956. The molecule has 5 nitrogen and oxygen atoms in total. The zero-order valence-electron chi connectivity index (χ0n) is 17.4. The van der Waals surface area contributed by atoms with Crippen LogP contribution in [0.5, 0.6) is 0 Å². The molecule has 1 aliphatic carbocycles. The largest absolute Gasteiger partial charge is 0.444 e. The lowest BCUT2D eigenvalue weighted by atomic mass is 10.1. The number of halogens is 3. The number of aromatic nitrogens is 2. The molecule has 4 rings (SSSR count). The van der Waals surface area contributed by atoms with E-state index in [1.54, 1.807) is 11.0 Å². The van der Waals surface area contributed by atoms with Crippen LogP contribution >= 0.6 is 0 Å². The van der Waals surface area contributed by atoms with E-state index >= 15 is 0 Å². The van der Waals surface area contributed by atoms with Crippen LogP contribution in [0, 0.1) is 0 Å². The van der Waals surface area contributed by atoms with Crippen molar-refractivity contribution in [2.75, 3.05) is 6.54 Å². The zero-order chi connectivity index (χ0) is 21.7. The van der Waals surface area contributed by atoms with Gasteiger partial charge in [-0.15, -0.1) is 0 Å². The molecule has 0 N–H and O–H groups in total. The van der Waals surface area contributed by atoms with Crippen LogP contribution in [0.15, 0.2) is 24.3 Å². The van der Waals surface area contributed by atoms with E-state index in [-0.39, 0.29) is 18.0 Å². The molecule has 2 aliphatic rings. The predicted molar refractivity (Wildman–Crippen MR) is 105 cm³/mol. The lowest BCUT2D eigenvalue weighted by Crippen LogP contribution is -2.40. The van der Waals surface area contributed by atoms with Crippen molar-refractivity contribution in [3.05, 3.63) is 52.6 Å². The van der Waals surface area contributed by atoms with Gasteiger partial charge in [-0.05, 0) is 45.2 Å². The van der Waals surface area contributed by atoms with Gasteiger partial charge in [0.25, 0.3) is 0 Å². The number of benzene rings is 1. The lowest BCUT2D eigenvalue weighted by molar-refractivity contribution is -0.138. The second-order valence-electron chi connectivity index (χ2n) is 9.03. The number of alkyl halides is 3. The number of fused-ring (bicyclic) bond motifs is 1. The number of imidazole rings is 1. The van der Waals surface area contributed by atoms with Gasteiger partial charge in [-0.2, -0.15) is 13.2 Å². The van der Waals surface area contributed by atoms with E-state index in [1.165, 1.54) is 12.1 Å². The van der Waals surface area contributed by atoms with Gasteiger partial charge in [-0.25, -0.2) is 9.78 Å². The van der Waals surface area contributed by atoms with Gasteiger partial charge in [0.1, 0.15) is 11.4 Å². The smallest absolute Gasteiger partial charge is 0.416 e. The summed E-state index contributed by atoms with van der Waals surface area (Å²) in [6.45, 7) is 6.36. The molecule has 1 aromatic carbocycles. The molecule has 1 fully saturated rings. The first kappa shape index (κ1) is 20.8. The Morgan fingerprint density at radius 1 is 1.20 bits per heavy atom. The zero-order valence-corrected chi connectivity index (χ0v) is 17.4. The quantitative estimate of drug-likeness (QED) is 0.691. The summed E-state index contributed by atoms with van der Waals surface area (Å²) >= 11 is 0. The van der Waals surface area contributed by atoms with Crippen LogP contribution in [-0.4, -0.2) is 32.7 Å². The molecular formula is C22H26F3N3O2. The van der Waals surface area contributed by atoms with Gasteiger partial charge in [0, 0.05) is 31.1 Å². The maximum atomic E-state index is 13.5. The van der Waals surface area contributed by atoms with Gasteiger partial charge in [-0.3, -0.25) is 0 Å². The molecule has 0 unspecified atom stereocenters. The van der Waals surface area contributed by atoms with Crippen LogP contribution in [0.2, 0.25) is 0 Å². The molecule has 1 saturated carbocycles. The van der Waals surface area contributed by atoms with E-state index in [9.17, 15) is 18.0 Å². The molecule has 1 amide bonds.